The Hall–Kier alpha value is -3.41. The van der Waals surface area contributed by atoms with Crippen LogP contribution in [0.3, 0.4) is 0 Å². The average Bonchev–Trinajstić information content (AvgIpc) is 3.72. The minimum atomic E-state index is -0.0200. The molecule has 32 heavy (non-hydrogen) atoms. The first kappa shape index (κ1) is 20.5. The molecule has 2 aliphatic carbocycles. The van der Waals surface area contributed by atoms with E-state index in [-0.39, 0.29) is 17.9 Å². The molecule has 6 heteroatoms. The Labute approximate surface area is 188 Å². The minimum absolute atomic E-state index is 0.0142. The number of para-hydroxylation sites is 1. The first-order valence-corrected chi connectivity index (χ1v) is 11.3. The third-order valence-electron chi connectivity index (χ3n) is 6.31. The Balaban J connectivity index is 1.34. The molecule has 164 valence electrons. The number of rotatable bonds is 7. The monoisotopic (exact) mass is 428 g/mol. The van der Waals surface area contributed by atoms with Crippen LogP contribution in [0.4, 0.5) is 0 Å². The molecule has 0 aliphatic heterocycles. The van der Waals surface area contributed by atoms with Crippen molar-refractivity contribution in [3.8, 4) is 5.69 Å². The summed E-state index contributed by atoms with van der Waals surface area (Å²) in [5.74, 6) is -0.00573. The van der Waals surface area contributed by atoms with Crippen molar-refractivity contribution in [2.45, 2.75) is 58.2 Å². The second kappa shape index (κ2) is 8.26. The zero-order valence-electron chi connectivity index (χ0n) is 18.5. The van der Waals surface area contributed by atoms with Crippen molar-refractivity contribution >= 4 is 11.8 Å². The number of hydrogen-bond donors (Lipinski definition) is 1. The van der Waals surface area contributed by atoms with Crippen LogP contribution in [0.1, 0.15) is 63.2 Å². The molecule has 0 bridgehead atoms. The maximum Gasteiger partial charge on any atom is 0.257 e. The molecule has 2 fully saturated rings. The van der Waals surface area contributed by atoms with E-state index >= 15 is 0 Å². The zero-order chi connectivity index (χ0) is 22.2. The van der Waals surface area contributed by atoms with Crippen molar-refractivity contribution in [3.05, 3.63) is 82.7 Å². The van der Waals surface area contributed by atoms with Gasteiger partial charge in [-0.15, -0.1) is 0 Å². The van der Waals surface area contributed by atoms with Gasteiger partial charge in [0.05, 0.1) is 23.1 Å². The van der Waals surface area contributed by atoms with Crippen LogP contribution in [0.25, 0.3) is 5.69 Å². The van der Waals surface area contributed by atoms with Crippen LogP contribution in [0.15, 0.2) is 54.7 Å². The lowest BCUT2D eigenvalue weighted by Gasteiger charge is -2.22. The molecular weight excluding hydrogens is 400 g/mol. The molecule has 0 unspecified atom stereocenters. The Morgan fingerprint density at radius 1 is 1.03 bits per heavy atom. The number of nitrogens with one attached hydrogen (secondary N) is 1. The number of aromatic nitrogens is 2. The van der Waals surface area contributed by atoms with Crippen molar-refractivity contribution in [2.24, 2.45) is 0 Å². The number of hydrogen-bond acceptors (Lipinski definition) is 3. The molecule has 1 heterocycles. The lowest BCUT2D eigenvalue weighted by atomic mass is 10.1. The Morgan fingerprint density at radius 2 is 1.75 bits per heavy atom. The van der Waals surface area contributed by atoms with Gasteiger partial charge in [0.1, 0.15) is 0 Å². The predicted octanol–water partition coefficient (Wildman–Crippen LogP) is 4.19. The molecule has 0 atom stereocenters. The van der Waals surface area contributed by atoms with Crippen molar-refractivity contribution in [1.29, 1.82) is 0 Å². The molecule has 5 rings (SSSR count). The normalized spacial score (nSPS) is 15.4. The molecule has 2 saturated carbocycles. The van der Waals surface area contributed by atoms with Crippen LogP contribution < -0.4 is 5.32 Å². The van der Waals surface area contributed by atoms with Crippen LogP contribution in [0, 0.1) is 13.8 Å². The number of amides is 2. The highest BCUT2D eigenvalue weighted by molar-refractivity contribution is 5.96. The van der Waals surface area contributed by atoms with E-state index in [1.165, 1.54) is 0 Å². The van der Waals surface area contributed by atoms with Gasteiger partial charge in [0.25, 0.3) is 11.8 Å². The summed E-state index contributed by atoms with van der Waals surface area (Å²) in [6.07, 6.45) is 5.88. The summed E-state index contributed by atoms with van der Waals surface area (Å²) >= 11 is 0. The van der Waals surface area contributed by atoms with Gasteiger partial charge in [0.15, 0.2) is 0 Å². The van der Waals surface area contributed by atoms with E-state index in [4.69, 9.17) is 0 Å². The van der Waals surface area contributed by atoms with E-state index in [1.54, 1.807) is 6.20 Å². The quantitative estimate of drug-likeness (QED) is 0.614. The van der Waals surface area contributed by atoms with Crippen LogP contribution in [0.2, 0.25) is 0 Å². The number of benzene rings is 2. The maximum atomic E-state index is 13.5. The van der Waals surface area contributed by atoms with Gasteiger partial charge in [0, 0.05) is 24.2 Å². The van der Waals surface area contributed by atoms with E-state index in [2.05, 4.69) is 10.4 Å². The molecule has 1 N–H and O–H groups in total. The Morgan fingerprint density at radius 3 is 2.41 bits per heavy atom. The average molecular weight is 429 g/mol. The summed E-state index contributed by atoms with van der Waals surface area (Å²) in [4.78, 5) is 27.7. The van der Waals surface area contributed by atoms with Crippen molar-refractivity contribution < 1.29 is 9.59 Å². The first-order chi connectivity index (χ1) is 15.5. The van der Waals surface area contributed by atoms with E-state index in [9.17, 15) is 9.59 Å². The molecule has 2 aromatic carbocycles. The minimum Gasteiger partial charge on any atom is -0.349 e. The van der Waals surface area contributed by atoms with E-state index in [0.717, 1.165) is 48.2 Å². The molecule has 0 radical (unpaired) electrons. The van der Waals surface area contributed by atoms with E-state index in [0.29, 0.717) is 23.7 Å². The fourth-order valence-electron chi connectivity index (χ4n) is 4.03. The van der Waals surface area contributed by atoms with Gasteiger partial charge < -0.3 is 10.2 Å². The molecule has 2 aliphatic rings. The van der Waals surface area contributed by atoms with Crippen molar-refractivity contribution in [1.82, 2.24) is 20.0 Å². The van der Waals surface area contributed by atoms with Gasteiger partial charge in [-0.2, -0.15) is 5.10 Å². The summed E-state index contributed by atoms with van der Waals surface area (Å²) in [6, 6.07) is 16.3. The first-order valence-electron chi connectivity index (χ1n) is 11.3. The topological polar surface area (TPSA) is 67.2 Å². The summed E-state index contributed by atoms with van der Waals surface area (Å²) in [5, 5.41) is 7.53. The molecule has 3 aromatic rings. The highest BCUT2D eigenvalue weighted by Gasteiger charge is 2.34. The predicted molar refractivity (Wildman–Crippen MR) is 123 cm³/mol. The number of aryl methyl sites for hydroxylation is 1. The maximum absolute atomic E-state index is 13.5. The van der Waals surface area contributed by atoms with Crippen molar-refractivity contribution in [3.63, 3.8) is 0 Å². The van der Waals surface area contributed by atoms with Gasteiger partial charge in [-0.3, -0.25) is 9.59 Å². The lowest BCUT2D eigenvalue weighted by Crippen LogP contribution is -2.33. The number of carbonyl (C=O) groups is 2. The highest BCUT2D eigenvalue weighted by atomic mass is 16.2. The van der Waals surface area contributed by atoms with Gasteiger partial charge in [-0.05, 0) is 68.9 Å². The Bertz CT molecular complexity index is 1160. The van der Waals surface area contributed by atoms with Gasteiger partial charge in [0.2, 0.25) is 0 Å². The zero-order valence-corrected chi connectivity index (χ0v) is 18.5. The standard InChI is InChI=1S/C26H28N4O2/c1-17-5-3-4-6-24(17)30-18(2)23(15-27-30)26(32)29(22-13-14-22)16-19-7-9-20(10-8-19)25(31)28-21-11-12-21/h3-10,15,21-22H,11-14,16H2,1-2H3,(H,28,31). The largest absolute Gasteiger partial charge is 0.349 e. The second-order valence-corrected chi connectivity index (χ2v) is 8.95. The second-order valence-electron chi connectivity index (χ2n) is 8.95. The molecule has 0 spiro atoms. The molecule has 1 aromatic heterocycles. The van der Waals surface area contributed by atoms with Crippen LogP contribution in [-0.4, -0.2) is 38.6 Å². The van der Waals surface area contributed by atoms with E-state index in [1.807, 2.05) is 72.0 Å². The third kappa shape index (κ3) is 4.17. The van der Waals surface area contributed by atoms with E-state index < -0.39 is 0 Å². The van der Waals surface area contributed by atoms with Crippen LogP contribution in [0.5, 0.6) is 0 Å². The molecule has 6 nitrogen and oxygen atoms in total. The molecular formula is C26H28N4O2. The summed E-state index contributed by atoms with van der Waals surface area (Å²) in [5.41, 5.74) is 5.28. The SMILES string of the molecule is Cc1ccccc1-n1ncc(C(=O)N(Cc2ccc(C(=O)NC3CC3)cc2)C2CC2)c1C. The fourth-order valence-corrected chi connectivity index (χ4v) is 4.03. The van der Waals surface area contributed by atoms with Gasteiger partial charge in [-0.25, -0.2) is 4.68 Å². The smallest absolute Gasteiger partial charge is 0.257 e. The summed E-state index contributed by atoms with van der Waals surface area (Å²) in [7, 11) is 0. The summed E-state index contributed by atoms with van der Waals surface area (Å²) in [6.45, 7) is 4.52. The van der Waals surface area contributed by atoms with Gasteiger partial charge in [-0.1, -0.05) is 30.3 Å². The molecule has 2 amide bonds. The van der Waals surface area contributed by atoms with Crippen molar-refractivity contribution in [2.75, 3.05) is 0 Å². The summed E-state index contributed by atoms with van der Waals surface area (Å²) < 4.78 is 1.85. The van der Waals surface area contributed by atoms with Crippen LogP contribution >= 0.6 is 0 Å². The number of nitrogens with zero attached hydrogens (tertiary/aromatic N) is 3. The lowest BCUT2D eigenvalue weighted by molar-refractivity contribution is 0.0728. The van der Waals surface area contributed by atoms with Crippen LogP contribution in [-0.2, 0) is 6.54 Å². The highest BCUT2D eigenvalue weighted by Crippen LogP contribution is 2.31. The van der Waals surface area contributed by atoms with Gasteiger partial charge >= 0.3 is 0 Å². The number of carbonyl (C=O) groups excluding carboxylic acids is 2. The Kier molecular flexibility index (Phi) is 5.29. The molecule has 0 saturated heterocycles. The third-order valence-corrected chi connectivity index (χ3v) is 6.31. The fraction of sp³-hybridized carbons (Fsp3) is 0.346.